The van der Waals surface area contributed by atoms with Crippen molar-refractivity contribution >= 4 is 11.9 Å². The van der Waals surface area contributed by atoms with E-state index >= 15 is 0 Å². The number of alkyl halides is 3. The Labute approximate surface area is 112 Å². The van der Waals surface area contributed by atoms with Gasteiger partial charge in [0.25, 0.3) is 0 Å². The number of hydrogen-bond donors (Lipinski definition) is 1. The average molecular weight is 287 g/mol. The van der Waals surface area contributed by atoms with E-state index in [0.29, 0.717) is 12.0 Å². The number of nitrogens with zero attached hydrogens (tertiary/aromatic N) is 1. The van der Waals surface area contributed by atoms with Crippen LogP contribution in [0.1, 0.15) is 17.5 Å². The lowest BCUT2D eigenvalue weighted by atomic mass is 10.0. The van der Waals surface area contributed by atoms with Crippen LogP contribution in [0, 0.1) is 0 Å². The standard InChI is InChI=1S/C13H12F3NO3/c14-13(15,16)9-3-1-8(2-4-9)5-10-7-20-11(17-10)6-12(18)19/h1-4,10H,5-7H2,(H,18,19). The largest absolute Gasteiger partial charge is 0.481 e. The van der Waals surface area contributed by atoms with Gasteiger partial charge in [0, 0.05) is 0 Å². The topological polar surface area (TPSA) is 58.9 Å². The molecule has 0 amide bonds. The summed E-state index contributed by atoms with van der Waals surface area (Å²) in [7, 11) is 0. The minimum absolute atomic E-state index is 0.161. The van der Waals surface area contributed by atoms with Crippen LogP contribution in [0.4, 0.5) is 13.2 Å². The van der Waals surface area contributed by atoms with Gasteiger partial charge in [0.2, 0.25) is 0 Å². The normalized spacial score (nSPS) is 18.6. The van der Waals surface area contributed by atoms with E-state index in [1.54, 1.807) is 0 Å². The van der Waals surface area contributed by atoms with Crippen molar-refractivity contribution in [2.45, 2.75) is 25.1 Å². The van der Waals surface area contributed by atoms with Crippen LogP contribution in [0.3, 0.4) is 0 Å². The van der Waals surface area contributed by atoms with Crippen LogP contribution in [0.5, 0.6) is 0 Å². The molecule has 1 unspecified atom stereocenters. The summed E-state index contributed by atoms with van der Waals surface area (Å²) in [6.45, 7) is 0.254. The van der Waals surface area contributed by atoms with E-state index in [1.807, 2.05) is 0 Å². The van der Waals surface area contributed by atoms with Gasteiger partial charge in [0.05, 0.1) is 11.6 Å². The molecular formula is C13H12F3NO3. The van der Waals surface area contributed by atoms with E-state index in [4.69, 9.17) is 9.84 Å². The number of ether oxygens (including phenoxy) is 1. The second kappa shape index (κ2) is 5.52. The third-order valence-corrected chi connectivity index (χ3v) is 2.82. The molecule has 0 aromatic heterocycles. The molecule has 0 fully saturated rings. The Balaban J connectivity index is 1.98. The van der Waals surface area contributed by atoms with Gasteiger partial charge in [-0.05, 0) is 24.1 Å². The molecule has 0 spiro atoms. The number of carboxylic acid groups (broad SMARTS) is 1. The van der Waals surface area contributed by atoms with Crippen LogP contribution >= 0.6 is 0 Å². The molecule has 1 heterocycles. The third-order valence-electron chi connectivity index (χ3n) is 2.82. The van der Waals surface area contributed by atoms with Crippen molar-refractivity contribution in [1.82, 2.24) is 0 Å². The van der Waals surface area contributed by atoms with Crippen molar-refractivity contribution in [3.63, 3.8) is 0 Å². The molecule has 0 saturated carbocycles. The minimum atomic E-state index is -4.35. The molecule has 108 valence electrons. The second-order valence-electron chi connectivity index (χ2n) is 4.46. The first-order chi connectivity index (χ1) is 9.34. The Hall–Kier alpha value is -2.05. The number of benzene rings is 1. The smallest absolute Gasteiger partial charge is 0.416 e. The van der Waals surface area contributed by atoms with Crippen LogP contribution in [0.15, 0.2) is 29.3 Å². The van der Waals surface area contributed by atoms with Gasteiger partial charge in [0.15, 0.2) is 5.90 Å². The number of rotatable bonds is 4. The van der Waals surface area contributed by atoms with Gasteiger partial charge in [-0.1, -0.05) is 12.1 Å². The fourth-order valence-electron chi connectivity index (χ4n) is 1.90. The molecule has 0 bridgehead atoms. The van der Waals surface area contributed by atoms with Gasteiger partial charge in [-0.15, -0.1) is 0 Å². The van der Waals surface area contributed by atoms with Crippen molar-refractivity contribution in [3.8, 4) is 0 Å². The number of carbonyl (C=O) groups is 1. The summed E-state index contributed by atoms with van der Waals surface area (Å²) in [5.41, 5.74) is 0.00548. The summed E-state index contributed by atoms with van der Waals surface area (Å²) in [4.78, 5) is 14.6. The van der Waals surface area contributed by atoms with Gasteiger partial charge in [-0.25, -0.2) is 4.99 Å². The van der Waals surface area contributed by atoms with Crippen molar-refractivity contribution < 1.29 is 27.8 Å². The zero-order valence-electron chi connectivity index (χ0n) is 10.4. The summed E-state index contributed by atoms with van der Waals surface area (Å²) < 4.78 is 42.3. The van der Waals surface area contributed by atoms with Gasteiger partial charge in [-0.3, -0.25) is 4.79 Å². The number of aliphatic imine (C=N–C) groups is 1. The van der Waals surface area contributed by atoms with Gasteiger partial charge >= 0.3 is 12.1 Å². The van der Waals surface area contributed by atoms with E-state index in [0.717, 1.165) is 12.1 Å². The minimum Gasteiger partial charge on any atom is -0.481 e. The zero-order chi connectivity index (χ0) is 14.8. The number of hydrogen-bond acceptors (Lipinski definition) is 3. The van der Waals surface area contributed by atoms with Gasteiger partial charge < -0.3 is 9.84 Å². The monoisotopic (exact) mass is 287 g/mol. The van der Waals surface area contributed by atoms with E-state index in [1.165, 1.54) is 12.1 Å². The molecule has 1 atom stereocenters. The second-order valence-corrected chi connectivity index (χ2v) is 4.46. The van der Waals surface area contributed by atoms with E-state index < -0.39 is 17.7 Å². The van der Waals surface area contributed by atoms with E-state index in [-0.39, 0.29) is 25.0 Å². The van der Waals surface area contributed by atoms with Crippen LogP contribution in [0.2, 0.25) is 0 Å². The zero-order valence-corrected chi connectivity index (χ0v) is 10.4. The predicted molar refractivity (Wildman–Crippen MR) is 64.6 cm³/mol. The highest BCUT2D eigenvalue weighted by Gasteiger charge is 2.30. The fraction of sp³-hybridized carbons (Fsp3) is 0.385. The lowest BCUT2D eigenvalue weighted by molar-refractivity contribution is -0.138. The first-order valence-corrected chi connectivity index (χ1v) is 5.92. The Morgan fingerprint density at radius 2 is 2.00 bits per heavy atom. The molecular weight excluding hydrogens is 275 g/mol. The van der Waals surface area contributed by atoms with E-state index in [2.05, 4.69) is 4.99 Å². The van der Waals surface area contributed by atoms with Crippen molar-refractivity contribution in [2.75, 3.05) is 6.61 Å². The maximum absolute atomic E-state index is 12.4. The molecule has 0 aliphatic carbocycles. The number of halogens is 3. The quantitative estimate of drug-likeness (QED) is 0.925. The van der Waals surface area contributed by atoms with Gasteiger partial charge in [-0.2, -0.15) is 13.2 Å². The molecule has 2 rings (SSSR count). The third kappa shape index (κ3) is 3.72. The molecule has 1 N–H and O–H groups in total. The highest BCUT2D eigenvalue weighted by Crippen LogP contribution is 2.29. The Kier molecular flexibility index (Phi) is 3.96. The molecule has 1 aliphatic rings. The molecule has 0 saturated heterocycles. The maximum Gasteiger partial charge on any atom is 0.416 e. The van der Waals surface area contributed by atoms with Gasteiger partial charge in [0.1, 0.15) is 13.0 Å². The lowest BCUT2D eigenvalue weighted by Gasteiger charge is -2.08. The first kappa shape index (κ1) is 14.4. The van der Waals surface area contributed by atoms with Crippen molar-refractivity contribution in [1.29, 1.82) is 0 Å². The van der Waals surface area contributed by atoms with Crippen LogP contribution < -0.4 is 0 Å². The van der Waals surface area contributed by atoms with Crippen molar-refractivity contribution in [3.05, 3.63) is 35.4 Å². The van der Waals surface area contributed by atoms with Crippen LogP contribution in [-0.4, -0.2) is 29.6 Å². The Morgan fingerprint density at radius 3 is 2.55 bits per heavy atom. The van der Waals surface area contributed by atoms with Crippen molar-refractivity contribution in [2.24, 2.45) is 4.99 Å². The van der Waals surface area contributed by atoms with Crippen LogP contribution in [0.25, 0.3) is 0 Å². The fourth-order valence-corrected chi connectivity index (χ4v) is 1.90. The average Bonchev–Trinajstić information content (AvgIpc) is 2.75. The Bertz CT molecular complexity index is 523. The predicted octanol–water partition coefficient (Wildman–Crippen LogP) is 2.52. The highest BCUT2D eigenvalue weighted by molar-refractivity contribution is 5.94. The summed E-state index contributed by atoms with van der Waals surface area (Å²) in [5, 5.41) is 8.59. The molecule has 7 heteroatoms. The highest BCUT2D eigenvalue weighted by atomic mass is 19.4. The summed E-state index contributed by atoms with van der Waals surface area (Å²) in [6.07, 6.45) is -4.20. The Morgan fingerprint density at radius 1 is 1.35 bits per heavy atom. The maximum atomic E-state index is 12.4. The SMILES string of the molecule is O=C(O)CC1=NC(Cc2ccc(C(F)(F)F)cc2)CO1. The molecule has 4 nitrogen and oxygen atoms in total. The summed E-state index contributed by atoms with van der Waals surface area (Å²) >= 11 is 0. The summed E-state index contributed by atoms with van der Waals surface area (Å²) in [6, 6.07) is 4.59. The van der Waals surface area contributed by atoms with Crippen LogP contribution in [-0.2, 0) is 22.1 Å². The molecule has 1 aromatic carbocycles. The lowest BCUT2D eigenvalue weighted by Crippen LogP contribution is -2.11. The summed E-state index contributed by atoms with van der Waals surface area (Å²) in [5.74, 6) is -0.867. The van der Waals surface area contributed by atoms with E-state index in [9.17, 15) is 18.0 Å². The number of carboxylic acids is 1. The first-order valence-electron chi connectivity index (χ1n) is 5.92. The number of aliphatic carboxylic acids is 1. The molecule has 1 aliphatic heterocycles. The molecule has 1 aromatic rings. The molecule has 0 radical (unpaired) electrons. The molecule has 20 heavy (non-hydrogen) atoms.